The number of sulfonamides is 1. The van der Waals surface area contributed by atoms with Gasteiger partial charge in [0.05, 0.1) is 11.4 Å². The first-order chi connectivity index (χ1) is 12.1. The summed E-state index contributed by atoms with van der Waals surface area (Å²) in [5.41, 5.74) is 0. The van der Waals surface area contributed by atoms with Crippen molar-refractivity contribution in [2.45, 2.75) is 17.4 Å². The molecule has 0 spiro atoms. The van der Waals surface area contributed by atoms with Crippen molar-refractivity contribution in [3.8, 4) is 5.88 Å². The highest BCUT2D eigenvalue weighted by Crippen LogP contribution is 2.28. The molecule has 0 N–H and O–H groups in total. The third-order valence-corrected chi connectivity index (χ3v) is 6.23. The molecule has 2 heterocycles. The van der Waals surface area contributed by atoms with Crippen LogP contribution in [0.3, 0.4) is 0 Å². The molecule has 1 fully saturated rings. The van der Waals surface area contributed by atoms with E-state index >= 15 is 0 Å². The second-order valence-electron chi connectivity index (χ2n) is 5.93. The maximum absolute atomic E-state index is 13.1. The normalized spacial score (nSPS) is 18.5. The van der Waals surface area contributed by atoms with Gasteiger partial charge in [-0.05, 0) is 23.9 Å². The molecule has 0 amide bonds. The van der Waals surface area contributed by atoms with Crippen molar-refractivity contribution in [1.82, 2.24) is 14.5 Å². The molecule has 0 saturated carbocycles. The van der Waals surface area contributed by atoms with E-state index in [1.165, 1.54) is 4.31 Å². The maximum Gasteiger partial charge on any atom is 0.243 e. The third-order valence-electron chi connectivity index (χ3n) is 4.31. The number of hydrogen-bond donors (Lipinski definition) is 0. The Kier molecular flexibility index (Phi) is 4.10. The molecule has 0 bridgehead atoms. The van der Waals surface area contributed by atoms with Crippen LogP contribution in [0.4, 0.5) is 0 Å². The summed E-state index contributed by atoms with van der Waals surface area (Å²) in [5, 5.41) is 9.31. The number of rotatable bonds is 4. The Hall–Kier alpha value is -2.51. The van der Waals surface area contributed by atoms with Gasteiger partial charge < -0.3 is 4.74 Å². The van der Waals surface area contributed by atoms with Crippen molar-refractivity contribution >= 4 is 20.8 Å². The van der Waals surface area contributed by atoms with Crippen molar-refractivity contribution < 1.29 is 13.2 Å². The van der Waals surface area contributed by atoms with Gasteiger partial charge in [-0.15, -0.1) is 5.10 Å². The highest BCUT2D eigenvalue weighted by molar-refractivity contribution is 7.89. The standard InChI is InChI=1S/C18H17N3O3S/c22-25(23,17-8-3-6-14-5-1-2-7-16(14)17)21-12-10-15(13-21)24-18-9-4-11-19-20-18/h1-9,11,15H,10,12-13H2. The molecule has 128 valence electrons. The molecule has 4 rings (SSSR count). The highest BCUT2D eigenvalue weighted by atomic mass is 32.2. The SMILES string of the molecule is O=S(=O)(c1cccc2ccccc12)N1CCC(Oc2cccnn2)C1. The molecule has 1 aliphatic rings. The van der Waals surface area contributed by atoms with Gasteiger partial charge in [-0.3, -0.25) is 0 Å². The van der Waals surface area contributed by atoms with E-state index in [4.69, 9.17) is 4.74 Å². The largest absolute Gasteiger partial charge is 0.472 e. The monoisotopic (exact) mass is 355 g/mol. The fraction of sp³-hybridized carbons (Fsp3) is 0.222. The van der Waals surface area contributed by atoms with E-state index in [1.54, 1.807) is 30.5 Å². The van der Waals surface area contributed by atoms with E-state index in [2.05, 4.69) is 10.2 Å². The van der Waals surface area contributed by atoms with Crippen LogP contribution in [-0.4, -0.2) is 42.1 Å². The highest BCUT2D eigenvalue weighted by Gasteiger charge is 2.34. The van der Waals surface area contributed by atoms with E-state index in [0.29, 0.717) is 30.3 Å². The predicted molar refractivity (Wildman–Crippen MR) is 93.8 cm³/mol. The van der Waals surface area contributed by atoms with Crippen LogP contribution in [0.15, 0.2) is 65.7 Å². The molecule has 3 aromatic rings. The van der Waals surface area contributed by atoms with Gasteiger partial charge in [0.1, 0.15) is 6.10 Å². The predicted octanol–water partition coefficient (Wildman–Crippen LogP) is 2.47. The van der Waals surface area contributed by atoms with Gasteiger partial charge >= 0.3 is 0 Å². The van der Waals surface area contributed by atoms with Crippen molar-refractivity contribution in [2.24, 2.45) is 0 Å². The van der Waals surface area contributed by atoms with Gasteiger partial charge in [-0.2, -0.15) is 9.40 Å². The van der Waals surface area contributed by atoms with E-state index < -0.39 is 10.0 Å². The minimum atomic E-state index is -3.57. The van der Waals surface area contributed by atoms with Crippen LogP contribution in [0.25, 0.3) is 10.8 Å². The molecule has 1 saturated heterocycles. The second kappa shape index (κ2) is 6.42. The first kappa shape index (κ1) is 16.0. The number of ether oxygens (including phenoxy) is 1. The summed E-state index contributed by atoms with van der Waals surface area (Å²) in [7, 11) is -3.57. The Labute approximate surface area is 146 Å². The summed E-state index contributed by atoms with van der Waals surface area (Å²) in [4.78, 5) is 0.339. The van der Waals surface area contributed by atoms with Gasteiger partial charge in [0.25, 0.3) is 0 Å². The van der Waals surface area contributed by atoms with E-state index in [0.717, 1.165) is 10.8 Å². The van der Waals surface area contributed by atoms with Crippen LogP contribution in [-0.2, 0) is 10.0 Å². The smallest absolute Gasteiger partial charge is 0.243 e. The average Bonchev–Trinajstić information content (AvgIpc) is 3.11. The minimum Gasteiger partial charge on any atom is -0.472 e. The lowest BCUT2D eigenvalue weighted by Crippen LogP contribution is -2.31. The van der Waals surface area contributed by atoms with E-state index in [-0.39, 0.29) is 6.10 Å². The molecule has 2 aromatic carbocycles. The molecule has 7 heteroatoms. The minimum absolute atomic E-state index is 0.221. The Morgan fingerprint density at radius 2 is 1.88 bits per heavy atom. The summed E-state index contributed by atoms with van der Waals surface area (Å²) >= 11 is 0. The van der Waals surface area contributed by atoms with Crippen molar-refractivity contribution in [3.63, 3.8) is 0 Å². The first-order valence-electron chi connectivity index (χ1n) is 8.07. The quantitative estimate of drug-likeness (QED) is 0.719. The Bertz CT molecular complexity index is 987. The lowest BCUT2D eigenvalue weighted by molar-refractivity contribution is 0.204. The number of nitrogens with zero attached hydrogens (tertiary/aromatic N) is 3. The van der Waals surface area contributed by atoms with Crippen LogP contribution in [0.1, 0.15) is 6.42 Å². The Morgan fingerprint density at radius 1 is 1.04 bits per heavy atom. The van der Waals surface area contributed by atoms with Crippen LogP contribution in [0.2, 0.25) is 0 Å². The number of aromatic nitrogens is 2. The fourth-order valence-electron chi connectivity index (χ4n) is 3.09. The zero-order valence-corrected chi connectivity index (χ0v) is 14.3. The molecule has 1 atom stereocenters. The Balaban J connectivity index is 1.59. The zero-order valence-electron chi connectivity index (χ0n) is 13.4. The first-order valence-corrected chi connectivity index (χ1v) is 9.51. The summed E-state index contributed by atoms with van der Waals surface area (Å²) in [6, 6.07) is 16.3. The molecule has 1 aromatic heterocycles. The molecule has 25 heavy (non-hydrogen) atoms. The Morgan fingerprint density at radius 3 is 2.72 bits per heavy atom. The van der Waals surface area contributed by atoms with Crippen LogP contribution < -0.4 is 4.74 Å². The van der Waals surface area contributed by atoms with Gasteiger partial charge in [0.2, 0.25) is 15.9 Å². The molecule has 1 aliphatic heterocycles. The van der Waals surface area contributed by atoms with E-state index in [9.17, 15) is 8.42 Å². The lowest BCUT2D eigenvalue weighted by atomic mass is 10.1. The molecule has 0 aliphatic carbocycles. The van der Waals surface area contributed by atoms with Gasteiger partial charge in [0, 0.05) is 24.2 Å². The number of hydrogen-bond acceptors (Lipinski definition) is 5. The van der Waals surface area contributed by atoms with Gasteiger partial charge in [-0.1, -0.05) is 36.4 Å². The van der Waals surface area contributed by atoms with Gasteiger partial charge in [-0.25, -0.2) is 8.42 Å². The summed E-state index contributed by atoms with van der Waals surface area (Å²) in [6.45, 7) is 0.735. The molecule has 0 radical (unpaired) electrons. The van der Waals surface area contributed by atoms with Gasteiger partial charge in [0.15, 0.2) is 0 Å². The van der Waals surface area contributed by atoms with Crippen LogP contribution >= 0.6 is 0 Å². The van der Waals surface area contributed by atoms with Crippen LogP contribution in [0.5, 0.6) is 5.88 Å². The van der Waals surface area contributed by atoms with Crippen molar-refractivity contribution in [2.75, 3.05) is 13.1 Å². The molecule has 6 nitrogen and oxygen atoms in total. The zero-order chi connectivity index (χ0) is 17.3. The van der Waals surface area contributed by atoms with E-state index in [1.807, 2.05) is 30.3 Å². The lowest BCUT2D eigenvalue weighted by Gasteiger charge is -2.18. The molecular formula is C18H17N3O3S. The number of fused-ring (bicyclic) bond motifs is 1. The maximum atomic E-state index is 13.1. The van der Waals surface area contributed by atoms with Crippen LogP contribution in [0, 0.1) is 0 Å². The fourth-order valence-corrected chi connectivity index (χ4v) is 4.79. The van der Waals surface area contributed by atoms with Crippen molar-refractivity contribution in [1.29, 1.82) is 0 Å². The summed E-state index contributed by atoms with van der Waals surface area (Å²) in [6.07, 6.45) is 1.97. The molecule has 1 unspecified atom stereocenters. The average molecular weight is 355 g/mol. The number of benzene rings is 2. The second-order valence-corrected chi connectivity index (χ2v) is 7.84. The summed E-state index contributed by atoms with van der Waals surface area (Å²) < 4.78 is 33.4. The van der Waals surface area contributed by atoms with Crippen molar-refractivity contribution in [3.05, 3.63) is 60.8 Å². The topological polar surface area (TPSA) is 72.4 Å². The summed E-state index contributed by atoms with van der Waals surface area (Å²) in [5.74, 6) is 0.414. The molecular weight excluding hydrogens is 338 g/mol. The third kappa shape index (κ3) is 3.08.